The standard InChI is InChI=1S/C14H17FNO2S/c1-5-12-8-11(7-6-10(2)3)9-13(15)14(12)16-19(4,17)18/h1,8-9,16H,6-7H2,2-4H3. The van der Waals surface area contributed by atoms with Crippen LogP contribution in [0.3, 0.4) is 0 Å². The Kier molecular flexibility index (Phi) is 4.96. The first-order valence-electron chi connectivity index (χ1n) is 5.79. The first-order chi connectivity index (χ1) is 8.73. The van der Waals surface area contributed by atoms with Gasteiger partial charge in [0.05, 0.1) is 17.5 Å². The van der Waals surface area contributed by atoms with Gasteiger partial charge in [-0.2, -0.15) is 0 Å². The van der Waals surface area contributed by atoms with Gasteiger partial charge in [0.1, 0.15) is 5.82 Å². The molecule has 0 amide bonds. The second-order valence-electron chi connectivity index (χ2n) is 4.73. The molecule has 1 aromatic carbocycles. The van der Waals surface area contributed by atoms with Crippen LogP contribution in [0.4, 0.5) is 10.1 Å². The zero-order valence-electron chi connectivity index (χ0n) is 11.2. The predicted molar refractivity (Wildman–Crippen MR) is 75.7 cm³/mol. The van der Waals surface area contributed by atoms with Crippen molar-refractivity contribution >= 4 is 15.7 Å². The van der Waals surface area contributed by atoms with Crippen molar-refractivity contribution in [3.8, 4) is 12.3 Å². The van der Waals surface area contributed by atoms with E-state index in [2.05, 4.69) is 10.6 Å². The molecule has 0 aromatic heterocycles. The summed E-state index contributed by atoms with van der Waals surface area (Å²) < 4.78 is 38.4. The Morgan fingerprint density at radius 3 is 2.53 bits per heavy atom. The first kappa shape index (κ1) is 15.5. The Labute approximate surface area is 114 Å². The van der Waals surface area contributed by atoms with Gasteiger partial charge in [0.2, 0.25) is 10.0 Å². The number of sulfonamides is 1. The Morgan fingerprint density at radius 1 is 1.42 bits per heavy atom. The van der Waals surface area contributed by atoms with Gasteiger partial charge in [-0.3, -0.25) is 4.72 Å². The number of rotatable bonds is 5. The van der Waals surface area contributed by atoms with Crippen LogP contribution in [0.5, 0.6) is 0 Å². The summed E-state index contributed by atoms with van der Waals surface area (Å²) in [5.74, 6) is 2.90. The Bertz CT molecular complexity index is 601. The van der Waals surface area contributed by atoms with Crippen molar-refractivity contribution in [2.24, 2.45) is 0 Å². The van der Waals surface area contributed by atoms with E-state index in [4.69, 9.17) is 6.42 Å². The zero-order chi connectivity index (χ0) is 14.6. The van der Waals surface area contributed by atoms with E-state index in [1.807, 2.05) is 13.8 Å². The normalized spacial score (nSPS) is 11.4. The average molecular weight is 282 g/mol. The van der Waals surface area contributed by atoms with Crippen LogP contribution in [-0.2, 0) is 16.4 Å². The van der Waals surface area contributed by atoms with Crippen LogP contribution in [0.25, 0.3) is 0 Å². The lowest BCUT2D eigenvalue weighted by Crippen LogP contribution is -2.12. The van der Waals surface area contributed by atoms with Gasteiger partial charge in [0, 0.05) is 0 Å². The monoisotopic (exact) mass is 282 g/mol. The number of hydrogen-bond donors (Lipinski definition) is 1. The lowest BCUT2D eigenvalue weighted by molar-refractivity contribution is 0.603. The third-order valence-electron chi connectivity index (χ3n) is 2.51. The number of hydrogen-bond acceptors (Lipinski definition) is 2. The van der Waals surface area contributed by atoms with Crippen molar-refractivity contribution in [2.75, 3.05) is 11.0 Å². The van der Waals surface area contributed by atoms with Crippen molar-refractivity contribution in [1.82, 2.24) is 0 Å². The molecule has 0 aliphatic rings. The third-order valence-corrected chi connectivity index (χ3v) is 3.08. The molecule has 0 saturated carbocycles. The van der Waals surface area contributed by atoms with Gasteiger partial charge < -0.3 is 0 Å². The summed E-state index contributed by atoms with van der Waals surface area (Å²) in [7, 11) is -3.56. The summed E-state index contributed by atoms with van der Waals surface area (Å²) in [6.45, 7) is 4.00. The lowest BCUT2D eigenvalue weighted by atomic mass is 10.00. The van der Waals surface area contributed by atoms with Gasteiger partial charge in [-0.15, -0.1) is 6.42 Å². The molecule has 0 aliphatic heterocycles. The summed E-state index contributed by atoms with van der Waals surface area (Å²) in [5.41, 5.74) is 0.811. The highest BCUT2D eigenvalue weighted by atomic mass is 32.2. The average Bonchev–Trinajstić information content (AvgIpc) is 2.27. The van der Waals surface area contributed by atoms with Gasteiger partial charge in [-0.1, -0.05) is 19.8 Å². The van der Waals surface area contributed by atoms with Gasteiger partial charge in [0.25, 0.3) is 0 Å². The second-order valence-corrected chi connectivity index (χ2v) is 6.47. The molecule has 1 aromatic rings. The molecule has 5 heteroatoms. The molecule has 0 atom stereocenters. The number of anilines is 1. The maximum Gasteiger partial charge on any atom is 0.229 e. The molecule has 0 fully saturated rings. The fourth-order valence-electron chi connectivity index (χ4n) is 1.60. The summed E-state index contributed by atoms with van der Waals surface area (Å²) >= 11 is 0. The molecule has 0 spiro atoms. The van der Waals surface area contributed by atoms with E-state index in [1.54, 1.807) is 6.07 Å². The quantitative estimate of drug-likeness (QED) is 0.844. The third kappa shape index (κ3) is 4.92. The lowest BCUT2D eigenvalue weighted by Gasteiger charge is -2.11. The number of benzene rings is 1. The van der Waals surface area contributed by atoms with Gasteiger partial charge >= 0.3 is 0 Å². The van der Waals surface area contributed by atoms with Crippen molar-refractivity contribution in [1.29, 1.82) is 0 Å². The van der Waals surface area contributed by atoms with Crippen molar-refractivity contribution in [2.45, 2.75) is 26.7 Å². The summed E-state index contributed by atoms with van der Waals surface area (Å²) in [5, 5.41) is 0. The highest BCUT2D eigenvalue weighted by Gasteiger charge is 2.13. The van der Waals surface area contributed by atoms with Crippen LogP contribution in [0, 0.1) is 24.1 Å². The maximum atomic E-state index is 13.9. The number of nitrogens with one attached hydrogen (secondary N) is 1. The van der Waals surface area contributed by atoms with E-state index in [-0.39, 0.29) is 11.3 Å². The summed E-state index contributed by atoms with van der Waals surface area (Å²) in [6.07, 6.45) is 7.77. The van der Waals surface area contributed by atoms with E-state index >= 15 is 0 Å². The fourth-order valence-corrected chi connectivity index (χ4v) is 2.18. The van der Waals surface area contributed by atoms with E-state index in [9.17, 15) is 12.8 Å². The van der Waals surface area contributed by atoms with Gasteiger partial charge in [-0.25, -0.2) is 12.8 Å². The van der Waals surface area contributed by atoms with Crippen LogP contribution in [0.15, 0.2) is 12.1 Å². The molecule has 1 radical (unpaired) electrons. The molecule has 0 bridgehead atoms. The molecule has 19 heavy (non-hydrogen) atoms. The largest absolute Gasteiger partial charge is 0.280 e. The highest BCUT2D eigenvalue weighted by molar-refractivity contribution is 7.92. The Balaban J connectivity index is 3.12. The molecule has 0 heterocycles. The highest BCUT2D eigenvalue weighted by Crippen LogP contribution is 2.24. The summed E-state index contributed by atoms with van der Waals surface area (Å²) in [4.78, 5) is 0. The van der Waals surface area contributed by atoms with Crippen molar-refractivity contribution in [3.05, 3.63) is 35.0 Å². The minimum Gasteiger partial charge on any atom is -0.280 e. The van der Waals surface area contributed by atoms with Crippen LogP contribution in [0.1, 0.15) is 31.4 Å². The molecule has 103 valence electrons. The van der Waals surface area contributed by atoms with Gasteiger partial charge in [-0.05, 0) is 36.5 Å². The van der Waals surface area contributed by atoms with Crippen LogP contribution < -0.4 is 4.72 Å². The van der Waals surface area contributed by atoms with E-state index in [1.165, 1.54) is 12.0 Å². The maximum absolute atomic E-state index is 13.9. The topological polar surface area (TPSA) is 46.2 Å². The van der Waals surface area contributed by atoms with Crippen molar-refractivity contribution in [3.63, 3.8) is 0 Å². The number of halogens is 1. The molecular weight excluding hydrogens is 265 g/mol. The van der Waals surface area contributed by atoms with Crippen molar-refractivity contribution < 1.29 is 12.8 Å². The Morgan fingerprint density at radius 2 is 2.05 bits per heavy atom. The van der Waals surface area contributed by atoms with E-state index < -0.39 is 15.8 Å². The molecule has 3 nitrogen and oxygen atoms in total. The first-order valence-corrected chi connectivity index (χ1v) is 7.68. The number of terminal acetylenes is 1. The second kappa shape index (κ2) is 6.07. The SMILES string of the molecule is C#Cc1cc(CC[C](C)C)cc(F)c1NS(C)(=O)=O. The van der Waals surface area contributed by atoms with Crippen LogP contribution >= 0.6 is 0 Å². The minimum atomic E-state index is -3.56. The smallest absolute Gasteiger partial charge is 0.229 e. The predicted octanol–water partition coefficient (Wildman–Crippen LogP) is 2.73. The van der Waals surface area contributed by atoms with Crippen LogP contribution in [0.2, 0.25) is 0 Å². The molecule has 0 aliphatic carbocycles. The van der Waals surface area contributed by atoms with E-state index in [0.29, 0.717) is 6.42 Å². The van der Waals surface area contributed by atoms with Crippen LogP contribution in [-0.4, -0.2) is 14.7 Å². The van der Waals surface area contributed by atoms with E-state index in [0.717, 1.165) is 18.2 Å². The summed E-state index contributed by atoms with van der Waals surface area (Å²) in [6, 6.07) is 2.96. The fraction of sp³-hybridized carbons (Fsp3) is 0.357. The minimum absolute atomic E-state index is 0.161. The molecule has 0 saturated heterocycles. The Hall–Kier alpha value is -1.54. The molecular formula is C14H17FNO2S. The number of aryl methyl sites for hydroxylation is 1. The molecule has 1 N–H and O–H groups in total. The van der Waals surface area contributed by atoms with Gasteiger partial charge in [0.15, 0.2) is 0 Å². The zero-order valence-corrected chi connectivity index (χ0v) is 12.1. The molecule has 0 unspecified atom stereocenters. The molecule has 1 rings (SSSR count).